The molecule has 0 spiro atoms. The van der Waals surface area contributed by atoms with Crippen LogP contribution in [0.1, 0.15) is 65.2 Å². The molecule has 0 aromatic rings. The van der Waals surface area contributed by atoms with Crippen molar-refractivity contribution < 1.29 is 19.1 Å². The van der Waals surface area contributed by atoms with Crippen LogP contribution in [0.5, 0.6) is 0 Å². The van der Waals surface area contributed by atoms with Crippen LogP contribution in [0.4, 0.5) is 0 Å². The topological polar surface area (TPSA) is 52.6 Å². The highest BCUT2D eigenvalue weighted by atomic mass is 16.5. The first-order valence-corrected chi connectivity index (χ1v) is 7.25. The van der Waals surface area contributed by atoms with E-state index in [9.17, 15) is 9.59 Å². The van der Waals surface area contributed by atoms with Gasteiger partial charge in [-0.05, 0) is 12.8 Å². The predicted octanol–water partition coefficient (Wildman–Crippen LogP) is 3.48. The van der Waals surface area contributed by atoms with Gasteiger partial charge in [0.1, 0.15) is 0 Å². The van der Waals surface area contributed by atoms with Gasteiger partial charge in [0.25, 0.3) is 0 Å². The lowest BCUT2D eigenvalue weighted by atomic mass is 9.78. The molecule has 4 nitrogen and oxygen atoms in total. The van der Waals surface area contributed by atoms with Crippen molar-refractivity contribution in [3.63, 3.8) is 0 Å². The maximum Gasteiger partial charge on any atom is 0.323 e. The maximum atomic E-state index is 12.1. The molecule has 0 saturated carbocycles. The largest absolute Gasteiger partial charge is 0.468 e. The zero-order valence-electron chi connectivity index (χ0n) is 12.8. The van der Waals surface area contributed by atoms with Gasteiger partial charge in [-0.3, -0.25) is 9.59 Å². The Morgan fingerprint density at radius 3 is 1.68 bits per heavy atom. The highest BCUT2D eigenvalue weighted by Crippen LogP contribution is 2.34. The molecule has 0 aromatic carbocycles. The van der Waals surface area contributed by atoms with Crippen molar-refractivity contribution in [3.8, 4) is 0 Å². The smallest absolute Gasteiger partial charge is 0.323 e. The van der Waals surface area contributed by atoms with Crippen LogP contribution in [0, 0.1) is 5.41 Å². The van der Waals surface area contributed by atoms with E-state index in [1.165, 1.54) is 14.2 Å². The predicted molar refractivity (Wildman–Crippen MR) is 74.7 cm³/mol. The normalized spacial score (nSPS) is 11.2. The molecule has 0 atom stereocenters. The van der Waals surface area contributed by atoms with Crippen LogP contribution in [0.25, 0.3) is 0 Å². The fourth-order valence-corrected chi connectivity index (χ4v) is 2.34. The Labute approximate surface area is 116 Å². The summed E-state index contributed by atoms with van der Waals surface area (Å²) in [5, 5.41) is 0. The van der Waals surface area contributed by atoms with Crippen LogP contribution in [-0.4, -0.2) is 26.2 Å². The van der Waals surface area contributed by atoms with E-state index < -0.39 is 17.4 Å². The van der Waals surface area contributed by atoms with Gasteiger partial charge >= 0.3 is 11.9 Å². The van der Waals surface area contributed by atoms with Crippen molar-refractivity contribution in [2.75, 3.05) is 14.2 Å². The molecule has 0 heterocycles. The van der Waals surface area contributed by atoms with Crippen molar-refractivity contribution in [1.82, 2.24) is 0 Å². The van der Waals surface area contributed by atoms with Crippen LogP contribution in [-0.2, 0) is 19.1 Å². The quantitative estimate of drug-likeness (QED) is 0.347. The van der Waals surface area contributed by atoms with E-state index in [-0.39, 0.29) is 0 Å². The lowest BCUT2D eigenvalue weighted by Crippen LogP contribution is -2.41. The molecule has 0 fully saturated rings. The molecule has 0 radical (unpaired) electrons. The number of carbonyl (C=O) groups is 2. The molecule has 0 aliphatic carbocycles. The van der Waals surface area contributed by atoms with E-state index in [0.29, 0.717) is 12.8 Å². The Bertz CT molecular complexity index is 257. The number of carbonyl (C=O) groups excluding carboxylic acids is 2. The van der Waals surface area contributed by atoms with Gasteiger partial charge in [0.15, 0.2) is 5.41 Å². The van der Waals surface area contributed by atoms with Crippen molar-refractivity contribution in [1.29, 1.82) is 0 Å². The number of unbranched alkanes of at least 4 members (excludes halogenated alkanes) is 4. The minimum atomic E-state index is -1.10. The molecule has 0 rings (SSSR count). The Morgan fingerprint density at radius 1 is 0.789 bits per heavy atom. The number of hydrogen-bond acceptors (Lipinski definition) is 4. The summed E-state index contributed by atoms with van der Waals surface area (Å²) in [7, 11) is 2.66. The second kappa shape index (κ2) is 9.82. The second-order valence-corrected chi connectivity index (χ2v) is 4.98. The second-order valence-electron chi connectivity index (χ2n) is 4.98. The molecule has 0 saturated heterocycles. The van der Waals surface area contributed by atoms with Crippen LogP contribution >= 0.6 is 0 Å². The van der Waals surface area contributed by atoms with Gasteiger partial charge in [-0.2, -0.15) is 0 Å². The monoisotopic (exact) mass is 272 g/mol. The molecule has 0 aromatic heterocycles. The van der Waals surface area contributed by atoms with Gasteiger partial charge in [-0.1, -0.05) is 52.4 Å². The standard InChI is InChI=1S/C15H28O4/c1-5-7-9-10-12-15(11-8-6-2,13(16)18-3)14(17)19-4/h5-12H2,1-4H3. The summed E-state index contributed by atoms with van der Waals surface area (Å²) in [6.07, 6.45) is 6.90. The fraction of sp³-hybridized carbons (Fsp3) is 0.867. The Morgan fingerprint density at radius 2 is 1.26 bits per heavy atom. The third-order valence-corrected chi connectivity index (χ3v) is 3.57. The van der Waals surface area contributed by atoms with E-state index in [1.807, 2.05) is 6.92 Å². The minimum Gasteiger partial charge on any atom is -0.468 e. The third-order valence-electron chi connectivity index (χ3n) is 3.57. The third kappa shape index (κ3) is 5.21. The first-order chi connectivity index (χ1) is 9.08. The van der Waals surface area contributed by atoms with E-state index >= 15 is 0 Å². The first kappa shape index (κ1) is 17.9. The zero-order valence-corrected chi connectivity index (χ0v) is 12.8. The van der Waals surface area contributed by atoms with Gasteiger partial charge in [-0.25, -0.2) is 0 Å². The molecular weight excluding hydrogens is 244 g/mol. The average molecular weight is 272 g/mol. The maximum absolute atomic E-state index is 12.1. The van der Waals surface area contributed by atoms with Crippen LogP contribution in [0.3, 0.4) is 0 Å². The highest BCUT2D eigenvalue weighted by Gasteiger charge is 2.47. The van der Waals surface area contributed by atoms with Crippen molar-refractivity contribution in [3.05, 3.63) is 0 Å². The summed E-state index contributed by atoms with van der Waals surface area (Å²) in [6.45, 7) is 4.17. The summed E-state index contributed by atoms with van der Waals surface area (Å²) in [5.41, 5.74) is -1.10. The van der Waals surface area contributed by atoms with E-state index in [4.69, 9.17) is 9.47 Å². The van der Waals surface area contributed by atoms with Crippen molar-refractivity contribution >= 4 is 11.9 Å². The Balaban J connectivity index is 4.90. The number of rotatable bonds is 10. The van der Waals surface area contributed by atoms with Gasteiger partial charge in [0.2, 0.25) is 0 Å². The minimum absolute atomic E-state index is 0.454. The number of ether oxygens (including phenoxy) is 2. The van der Waals surface area contributed by atoms with E-state index in [0.717, 1.165) is 38.5 Å². The van der Waals surface area contributed by atoms with E-state index in [2.05, 4.69) is 6.92 Å². The summed E-state index contributed by atoms with van der Waals surface area (Å²) >= 11 is 0. The SMILES string of the molecule is CCCCCCC(CCCC)(C(=O)OC)C(=O)OC. The molecule has 19 heavy (non-hydrogen) atoms. The molecule has 0 N–H and O–H groups in total. The molecule has 4 heteroatoms. The summed E-state index contributed by atoms with van der Waals surface area (Å²) in [6, 6.07) is 0. The Hall–Kier alpha value is -1.06. The Kier molecular flexibility index (Phi) is 9.27. The summed E-state index contributed by atoms with van der Waals surface area (Å²) in [5.74, 6) is -0.909. The van der Waals surface area contributed by atoms with Crippen LogP contribution < -0.4 is 0 Å². The number of hydrogen-bond donors (Lipinski definition) is 0. The van der Waals surface area contributed by atoms with Gasteiger partial charge in [0.05, 0.1) is 14.2 Å². The van der Waals surface area contributed by atoms with Crippen molar-refractivity contribution in [2.45, 2.75) is 65.2 Å². The van der Waals surface area contributed by atoms with Gasteiger partial charge in [-0.15, -0.1) is 0 Å². The molecule has 0 bridgehead atoms. The fourth-order valence-electron chi connectivity index (χ4n) is 2.34. The number of methoxy groups -OCH3 is 2. The average Bonchev–Trinajstić information content (AvgIpc) is 2.45. The lowest BCUT2D eigenvalue weighted by Gasteiger charge is -2.28. The van der Waals surface area contributed by atoms with Gasteiger partial charge in [0, 0.05) is 0 Å². The van der Waals surface area contributed by atoms with Crippen LogP contribution in [0.15, 0.2) is 0 Å². The summed E-state index contributed by atoms with van der Waals surface area (Å²) < 4.78 is 9.71. The van der Waals surface area contributed by atoms with Crippen LogP contribution in [0.2, 0.25) is 0 Å². The molecular formula is C15H28O4. The lowest BCUT2D eigenvalue weighted by molar-refractivity contribution is -0.170. The molecule has 112 valence electrons. The summed E-state index contributed by atoms with van der Waals surface area (Å²) in [4.78, 5) is 24.2. The number of esters is 2. The molecule has 0 unspecified atom stereocenters. The zero-order chi connectivity index (χ0) is 14.7. The first-order valence-electron chi connectivity index (χ1n) is 7.25. The molecule has 0 aliphatic rings. The van der Waals surface area contributed by atoms with Crippen molar-refractivity contribution in [2.24, 2.45) is 5.41 Å². The molecule has 0 aliphatic heterocycles. The highest BCUT2D eigenvalue weighted by molar-refractivity contribution is 5.99. The van der Waals surface area contributed by atoms with Gasteiger partial charge < -0.3 is 9.47 Å². The van der Waals surface area contributed by atoms with E-state index in [1.54, 1.807) is 0 Å². The molecule has 0 amide bonds.